The van der Waals surface area contributed by atoms with E-state index in [1.807, 2.05) is 12.1 Å². The predicted octanol–water partition coefficient (Wildman–Crippen LogP) is 2.60. The van der Waals surface area contributed by atoms with Gasteiger partial charge in [0.1, 0.15) is 6.61 Å². The number of nitrogens with zero attached hydrogens (tertiary/aromatic N) is 2. The highest BCUT2D eigenvalue weighted by Crippen LogP contribution is 2.36. The summed E-state index contributed by atoms with van der Waals surface area (Å²) < 4.78 is 7.49. The number of hydrogen-bond acceptors (Lipinski definition) is 4. The number of carbonyl (C=O) groups excluding carboxylic acids is 1. The molecule has 0 spiro atoms. The summed E-state index contributed by atoms with van der Waals surface area (Å²) in [6, 6.07) is 5.52. The molecule has 3 heterocycles. The summed E-state index contributed by atoms with van der Waals surface area (Å²) in [5, 5.41) is 4.08. The quantitative estimate of drug-likeness (QED) is 0.794. The number of ether oxygens (including phenoxy) is 1. The first-order valence-electron chi connectivity index (χ1n) is 5.31. The molecule has 92 valence electrons. The van der Waals surface area contributed by atoms with E-state index in [0.29, 0.717) is 9.91 Å². The standard InChI is InChI=1S/C12H9ClN2O2S/c1-15-8(4-5-14-15)11-7(6-17-12(11)16)9-2-3-10(13)18-9/h2-5H,6H2,1H3. The summed E-state index contributed by atoms with van der Waals surface area (Å²) in [6.07, 6.45) is 1.66. The van der Waals surface area contributed by atoms with Gasteiger partial charge in [-0.15, -0.1) is 11.3 Å². The molecule has 0 fully saturated rings. The molecular formula is C12H9ClN2O2S. The van der Waals surface area contributed by atoms with Gasteiger partial charge in [0.25, 0.3) is 0 Å². The zero-order chi connectivity index (χ0) is 12.7. The highest BCUT2D eigenvalue weighted by molar-refractivity contribution is 7.17. The van der Waals surface area contributed by atoms with Crippen LogP contribution in [0.4, 0.5) is 0 Å². The second-order valence-electron chi connectivity index (χ2n) is 3.87. The van der Waals surface area contributed by atoms with Crippen LogP contribution in [0.3, 0.4) is 0 Å². The number of rotatable bonds is 2. The molecule has 0 saturated carbocycles. The number of carbonyl (C=O) groups is 1. The van der Waals surface area contributed by atoms with E-state index in [1.165, 1.54) is 11.3 Å². The van der Waals surface area contributed by atoms with Crippen LogP contribution in [0.1, 0.15) is 10.6 Å². The first kappa shape index (κ1) is 11.5. The molecule has 0 radical (unpaired) electrons. The summed E-state index contributed by atoms with van der Waals surface area (Å²) in [6.45, 7) is 0.288. The summed E-state index contributed by atoms with van der Waals surface area (Å²) in [7, 11) is 1.80. The van der Waals surface area contributed by atoms with Crippen molar-refractivity contribution in [2.75, 3.05) is 6.61 Å². The third-order valence-electron chi connectivity index (χ3n) is 2.80. The smallest absolute Gasteiger partial charge is 0.341 e. The van der Waals surface area contributed by atoms with Crippen LogP contribution in [-0.2, 0) is 16.6 Å². The van der Waals surface area contributed by atoms with Gasteiger partial charge in [-0.25, -0.2) is 4.79 Å². The Labute approximate surface area is 112 Å². The number of cyclic esters (lactones) is 1. The van der Waals surface area contributed by atoms with Crippen LogP contribution < -0.4 is 0 Å². The summed E-state index contributed by atoms with van der Waals surface area (Å²) in [5.41, 5.74) is 2.21. The van der Waals surface area contributed by atoms with Crippen molar-refractivity contribution in [1.82, 2.24) is 9.78 Å². The van der Waals surface area contributed by atoms with Crippen molar-refractivity contribution in [3.63, 3.8) is 0 Å². The van der Waals surface area contributed by atoms with E-state index in [-0.39, 0.29) is 12.6 Å². The van der Waals surface area contributed by atoms with Crippen LogP contribution >= 0.6 is 22.9 Å². The third kappa shape index (κ3) is 1.76. The maximum atomic E-state index is 11.9. The molecule has 1 aliphatic rings. The van der Waals surface area contributed by atoms with Gasteiger partial charge in [-0.3, -0.25) is 4.68 Å². The number of hydrogen-bond donors (Lipinski definition) is 0. The topological polar surface area (TPSA) is 44.1 Å². The monoisotopic (exact) mass is 280 g/mol. The normalized spacial score (nSPS) is 15.3. The van der Waals surface area contributed by atoms with Crippen molar-refractivity contribution in [1.29, 1.82) is 0 Å². The van der Waals surface area contributed by atoms with Gasteiger partial charge in [0.2, 0.25) is 0 Å². The van der Waals surface area contributed by atoms with Gasteiger partial charge < -0.3 is 4.74 Å². The second-order valence-corrected chi connectivity index (χ2v) is 5.59. The van der Waals surface area contributed by atoms with Crippen LogP contribution in [-0.4, -0.2) is 22.4 Å². The number of aromatic nitrogens is 2. The molecule has 0 amide bonds. The summed E-state index contributed by atoms with van der Waals surface area (Å²) in [4.78, 5) is 12.8. The Kier molecular flexibility index (Phi) is 2.72. The van der Waals surface area contributed by atoms with E-state index in [9.17, 15) is 4.79 Å². The van der Waals surface area contributed by atoms with Gasteiger partial charge >= 0.3 is 5.97 Å². The van der Waals surface area contributed by atoms with E-state index in [2.05, 4.69) is 5.10 Å². The molecule has 0 aromatic carbocycles. The van der Waals surface area contributed by atoms with E-state index in [0.717, 1.165) is 16.1 Å². The van der Waals surface area contributed by atoms with Gasteiger partial charge in [-0.05, 0) is 18.2 Å². The SMILES string of the molecule is Cn1nccc1C1=C(c2ccc(Cl)s2)COC1=O. The molecule has 18 heavy (non-hydrogen) atoms. The highest BCUT2D eigenvalue weighted by atomic mass is 35.5. The van der Waals surface area contributed by atoms with Gasteiger partial charge in [0, 0.05) is 23.7 Å². The van der Waals surface area contributed by atoms with Crippen molar-refractivity contribution in [2.45, 2.75) is 0 Å². The van der Waals surface area contributed by atoms with Crippen LogP contribution in [0, 0.1) is 0 Å². The van der Waals surface area contributed by atoms with Crippen molar-refractivity contribution in [2.24, 2.45) is 7.05 Å². The first-order chi connectivity index (χ1) is 8.66. The number of aryl methyl sites for hydroxylation is 1. The minimum Gasteiger partial charge on any atom is -0.457 e. The lowest BCUT2D eigenvalue weighted by Gasteiger charge is -2.02. The Morgan fingerprint density at radius 1 is 1.44 bits per heavy atom. The van der Waals surface area contributed by atoms with Crippen molar-refractivity contribution in [3.8, 4) is 0 Å². The molecule has 0 saturated heterocycles. The Hall–Kier alpha value is -1.59. The Morgan fingerprint density at radius 3 is 2.89 bits per heavy atom. The fourth-order valence-corrected chi connectivity index (χ4v) is 3.03. The maximum Gasteiger partial charge on any atom is 0.341 e. The van der Waals surface area contributed by atoms with Crippen LogP contribution in [0.25, 0.3) is 11.1 Å². The van der Waals surface area contributed by atoms with Gasteiger partial charge in [0.15, 0.2) is 0 Å². The molecule has 1 aliphatic heterocycles. The minimum absolute atomic E-state index is 0.288. The lowest BCUT2D eigenvalue weighted by atomic mass is 10.1. The number of halogens is 1. The number of thiophene rings is 1. The molecule has 2 aromatic heterocycles. The zero-order valence-corrected chi connectivity index (χ0v) is 11.1. The van der Waals surface area contributed by atoms with Crippen molar-refractivity contribution in [3.05, 3.63) is 39.3 Å². The van der Waals surface area contributed by atoms with E-state index in [4.69, 9.17) is 16.3 Å². The van der Waals surface area contributed by atoms with Crippen LogP contribution in [0.15, 0.2) is 24.4 Å². The summed E-state index contributed by atoms with van der Waals surface area (Å²) >= 11 is 7.37. The molecule has 6 heteroatoms. The lowest BCUT2D eigenvalue weighted by molar-refractivity contribution is -0.133. The fraction of sp³-hybridized carbons (Fsp3) is 0.167. The van der Waals surface area contributed by atoms with Gasteiger partial charge in [-0.2, -0.15) is 5.10 Å². The Balaban J connectivity index is 2.18. The van der Waals surface area contributed by atoms with E-state index < -0.39 is 0 Å². The van der Waals surface area contributed by atoms with Crippen LogP contribution in [0.5, 0.6) is 0 Å². The molecule has 4 nitrogen and oxygen atoms in total. The van der Waals surface area contributed by atoms with Gasteiger partial charge in [-0.1, -0.05) is 11.6 Å². The van der Waals surface area contributed by atoms with E-state index >= 15 is 0 Å². The minimum atomic E-state index is -0.307. The lowest BCUT2D eigenvalue weighted by Crippen LogP contribution is -2.04. The fourth-order valence-electron chi connectivity index (χ4n) is 1.95. The molecular weight excluding hydrogens is 272 g/mol. The second kappa shape index (κ2) is 4.26. The van der Waals surface area contributed by atoms with Crippen molar-refractivity contribution < 1.29 is 9.53 Å². The molecule has 0 atom stereocenters. The molecule has 0 unspecified atom stereocenters. The highest BCUT2D eigenvalue weighted by Gasteiger charge is 2.29. The number of esters is 1. The molecule has 0 aliphatic carbocycles. The maximum absolute atomic E-state index is 11.9. The van der Waals surface area contributed by atoms with E-state index in [1.54, 1.807) is 24.0 Å². The Bertz CT molecular complexity index is 657. The van der Waals surface area contributed by atoms with Gasteiger partial charge in [0.05, 0.1) is 15.6 Å². The zero-order valence-electron chi connectivity index (χ0n) is 9.51. The third-order valence-corrected chi connectivity index (χ3v) is 4.09. The molecule has 2 aromatic rings. The largest absolute Gasteiger partial charge is 0.457 e. The van der Waals surface area contributed by atoms with Crippen LogP contribution in [0.2, 0.25) is 4.34 Å². The van der Waals surface area contributed by atoms with Crippen molar-refractivity contribution >= 4 is 40.1 Å². The summed E-state index contributed by atoms with van der Waals surface area (Å²) in [5.74, 6) is -0.307. The average Bonchev–Trinajstić information content (AvgIpc) is 3.00. The average molecular weight is 281 g/mol. The molecule has 3 rings (SSSR count). The molecule has 0 bridgehead atoms. The first-order valence-corrected chi connectivity index (χ1v) is 6.50. The molecule has 0 N–H and O–H groups in total. The Morgan fingerprint density at radius 2 is 2.28 bits per heavy atom. The predicted molar refractivity (Wildman–Crippen MR) is 70.3 cm³/mol.